The van der Waals surface area contributed by atoms with Crippen molar-refractivity contribution in [3.8, 4) is 0 Å². The first-order valence-electron chi connectivity index (χ1n) is 8.71. The lowest BCUT2D eigenvalue weighted by Gasteiger charge is -2.47. The summed E-state index contributed by atoms with van der Waals surface area (Å²) in [6.45, 7) is 10.6. The van der Waals surface area contributed by atoms with Crippen molar-refractivity contribution < 1.29 is 0 Å². The summed E-state index contributed by atoms with van der Waals surface area (Å²) in [6, 6.07) is 0. The van der Waals surface area contributed by atoms with Crippen molar-refractivity contribution >= 4 is 0 Å². The summed E-state index contributed by atoms with van der Waals surface area (Å²) < 4.78 is 0. The van der Waals surface area contributed by atoms with Crippen LogP contribution in [0.2, 0.25) is 0 Å². The van der Waals surface area contributed by atoms with Gasteiger partial charge in [0.05, 0.1) is 0 Å². The van der Waals surface area contributed by atoms with E-state index in [1.54, 1.807) is 0 Å². The molecule has 1 saturated heterocycles. The number of likely N-dealkylation sites (N-methyl/N-ethyl adjacent to an activating group) is 1. The van der Waals surface area contributed by atoms with E-state index >= 15 is 0 Å². The molecule has 2 N–H and O–H groups in total. The second kappa shape index (κ2) is 7.24. The first-order valence-corrected chi connectivity index (χ1v) is 8.71. The van der Waals surface area contributed by atoms with Crippen LogP contribution in [0, 0.1) is 11.8 Å². The molecule has 0 spiro atoms. The SMILES string of the molecule is CC(C)C1CCC(CN)(N(C)CCN2CCCC2)CC1. The van der Waals surface area contributed by atoms with Crippen molar-refractivity contribution in [2.75, 3.05) is 39.8 Å². The first-order chi connectivity index (χ1) is 9.57. The Labute approximate surface area is 125 Å². The quantitative estimate of drug-likeness (QED) is 0.812. The van der Waals surface area contributed by atoms with Crippen LogP contribution < -0.4 is 5.73 Å². The van der Waals surface area contributed by atoms with E-state index in [2.05, 4.69) is 30.7 Å². The molecule has 2 aliphatic rings. The summed E-state index contributed by atoms with van der Waals surface area (Å²) in [5.41, 5.74) is 6.47. The normalized spacial score (nSPS) is 32.4. The highest BCUT2D eigenvalue weighted by Gasteiger charge is 2.38. The fourth-order valence-electron chi connectivity index (χ4n) is 4.12. The molecule has 1 aliphatic carbocycles. The fraction of sp³-hybridized carbons (Fsp3) is 1.00. The predicted octanol–water partition coefficient (Wildman–Crippen LogP) is 2.56. The Morgan fingerprint density at radius 3 is 2.30 bits per heavy atom. The standard InChI is InChI=1S/C17H35N3/c1-15(2)16-6-8-17(14-18,9-7-16)19(3)12-13-20-10-4-5-11-20/h15-16H,4-14,18H2,1-3H3. The molecule has 0 aromatic heterocycles. The minimum absolute atomic E-state index is 0.283. The molecule has 118 valence electrons. The van der Waals surface area contributed by atoms with Crippen molar-refractivity contribution in [1.82, 2.24) is 9.80 Å². The van der Waals surface area contributed by atoms with E-state index in [-0.39, 0.29) is 5.54 Å². The van der Waals surface area contributed by atoms with E-state index in [0.29, 0.717) is 0 Å². The van der Waals surface area contributed by atoms with Gasteiger partial charge in [-0.3, -0.25) is 4.90 Å². The van der Waals surface area contributed by atoms with Gasteiger partial charge in [-0.1, -0.05) is 13.8 Å². The van der Waals surface area contributed by atoms with Gasteiger partial charge in [-0.2, -0.15) is 0 Å². The number of nitrogens with two attached hydrogens (primary N) is 1. The molecular formula is C17H35N3. The van der Waals surface area contributed by atoms with Gasteiger partial charge in [0.15, 0.2) is 0 Å². The zero-order valence-electron chi connectivity index (χ0n) is 13.9. The Kier molecular flexibility index (Phi) is 5.88. The van der Waals surface area contributed by atoms with Crippen molar-refractivity contribution in [3.05, 3.63) is 0 Å². The molecule has 1 saturated carbocycles. The Morgan fingerprint density at radius 1 is 1.20 bits per heavy atom. The zero-order valence-corrected chi connectivity index (χ0v) is 13.9. The lowest BCUT2D eigenvalue weighted by Crippen LogP contribution is -2.55. The van der Waals surface area contributed by atoms with Crippen LogP contribution in [0.3, 0.4) is 0 Å². The Hall–Kier alpha value is -0.120. The van der Waals surface area contributed by atoms with Crippen LogP contribution in [0.5, 0.6) is 0 Å². The average molecular weight is 281 g/mol. The summed E-state index contributed by atoms with van der Waals surface area (Å²) in [5.74, 6) is 1.75. The molecule has 1 aliphatic heterocycles. The van der Waals surface area contributed by atoms with Crippen molar-refractivity contribution in [1.29, 1.82) is 0 Å². The highest BCUT2D eigenvalue weighted by Crippen LogP contribution is 2.38. The van der Waals surface area contributed by atoms with Gasteiger partial charge < -0.3 is 10.6 Å². The molecule has 3 nitrogen and oxygen atoms in total. The Morgan fingerprint density at radius 2 is 1.80 bits per heavy atom. The van der Waals surface area contributed by atoms with Gasteiger partial charge in [-0.05, 0) is 70.5 Å². The van der Waals surface area contributed by atoms with Crippen LogP contribution in [0.4, 0.5) is 0 Å². The fourth-order valence-corrected chi connectivity index (χ4v) is 4.12. The van der Waals surface area contributed by atoms with E-state index in [1.807, 2.05) is 0 Å². The van der Waals surface area contributed by atoms with Crippen molar-refractivity contribution in [3.63, 3.8) is 0 Å². The first kappa shape index (κ1) is 16.3. The van der Waals surface area contributed by atoms with Gasteiger partial charge in [0.1, 0.15) is 0 Å². The summed E-state index contributed by atoms with van der Waals surface area (Å²) in [4.78, 5) is 5.20. The van der Waals surface area contributed by atoms with Crippen molar-refractivity contribution in [2.24, 2.45) is 17.6 Å². The zero-order chi connectivity index (χ0) is 14.6. The van der Waals surface area contributed by atoms with E-state index < -0.39 is 0 Å². The molecule has 0 amide bonds. The van der Waals surface area contributed by atoms with Crippen LogP contribution >= 0.6 is 0 Å². The Balaban J connectivity index is 1.83. The number of nitrogens with zero attached hydrogens (tertiary/aromatic N) is 2. The second-order valence-corrected chi connectivity index (χ2v) is 7.48. The summed E-state index contributed by atoms with van der Waals surface area (Å²) in [6.07, 6.45) is 8.10. The topological polar surface area (TPSA) is 32.5 Å². The number of hydrogen-bond donors (Lipinski definition) is 1. The molecule has 2 fully saturated rings. The van der Waals surface area contributed by atoms with Crippen molar-refractivity contribution in [2.45, 2.75) is 57.9 Å². The molecule has 0 radical (unpaired) electrons. The molecule has 0 atom stereocenters. The van der Waals surface area contributed by atoms with E-state index in [4.69, 9.17) is 5.73 Å². The molecule has 0 aromatic carbocycles. The highest BCUT2D eigenvalue weighted by molar-refractivity contribution is 4.95. The Bertz CT molecular complexity index is 276. The maximum absolute atomic E-state index is 6.19. The monoisotopic (exact) mass is 281 g/mol. The minimum Gasteiger partial charge on any atom is -0.329 e. The number of rotatable bonds is 6. The molecule has 0 bridgehead atoms. The predicted molar refractivity (Wildman–Crippen MR) is 86.9 cm³/mol. The largest absolute Gasteiger partial charge is 0.329 e. The summed E-state index contributed by atoms with van der Waals surface area (Å²) in [5, 5.41) is 0. The highest BCUT2D eigenvalue weighted by atomic mass is 15.2. The third-order valence-electron chi connectivity index (χ3n) is 6.04. The van der Waals surface area contributed by atoms with E-state index in [1.165, 1.54) is 64.7 Å². The van der Waals surface area contributed by atoms with Crippen LogP contribution in [-0.2, 0) is 0 Å². The maximum atomic E-state index is 6.19. The van der Waals surface area contributed by atoms with Crippen LogP contribution in [0.15, 0.2) is 0 Å². The number of likely N-dealkylation sites (tertiary alicyclic amines) is 1. The molecule has 20 heavy (non-hydrogen) atoms. The smallest absolute Gasteiger partial charge is 0.0329 e. The van der Waals surface area contributed by atoms with Gasteiger partial charge in [0.2, 0.25) is 0 Å². The summed E-state index contributed by atoms with van der Waals surface area (Å²) in [7, 11) is 2.30. The lowest BCUT2D eigenvalue weighted by atomic mass is 9.72. The van der Waals surface area contributed by atoms with Crippen LogP contribution in [-0.4, -0.2) is 55.1 Å². The molecule has 0 unspecified atom stereocenters. The minimum atomic E-state index is 0.283. The van der Waals surface area contributed by atoms with Gasteiger partial charge in [-0.15, -0.1) is 0 Å². The third-order valence-corrected chi connectivity index (χ3v) is 6.04. The van der Waals surface area contributed by atoms with Gasteiger partial charge in [0, 0.05) is 25.2 Å². The van der Waals surface area contributed by atoms with E-state index in [0.717, 1.165) is 18.4 Å². The molecular weight excluding hydrogens is 246 g/mol. The number of hydrogen-bond acceptors (Lipinski definition) is 3. The van der Waals surface area contributed by atoms with Gasteiger partial charge in [-0.25, -0.2) is 0 Å². The molecule has 2 rings (SSSR count). The summed E-state index contributed by atoms with van der Waals surface area (Å²) >= 11 is 0. The maximum Gasteiger partial charge on any atom is 0.0329 e. The second-order valence-electron chi connectivity index (χ2n) is 7.48. The van der Waals surface area contributed by atoms with Crippen LogP contribution in [0.1, 0.15) is 52.4 Å². The third kappa shape index (κ3) is 3.75. The van der Waals surface area contributed by atoms with Gasteiger partial charge >= 0.3 is 0 Å². The molecule has 3 heteroatoms. The molecule has 1 heterocycles. The lowest BCUT2D eigenvalue weighted by molar-refractivity contribution is 0.0495. The van der Waals surface area contributed by atoms with E-state index in [9.17, 15) is 0 Å². The van der Waals surface area contributed by atoms with Crippen LogP contribution in [0.25, 0.3) is 0 Å². The molecule has 0 aromatic rings. The van der Waals surface area contributed by atoms with Gasteiger partial charge in [0.25, 0.3) is 0 Å². The average Bonchev–Trinajstić information content (AvgIpc) is 2.98.